The summed E-state index contributed by atoms with van der Waals surface area (Å²) in [6, 6.07) is 4.33. The van der Waals surface area contributed by atoms with Gasteiger partial charge in [-0.25, -0.2) is 0 Å². The van der Waals surface area contributed by atoms with Crippen LogP contribution in [0.2, 0.25) is 0 Å². The van der Waals surface area contributed by atoms with E-state index in [2.05, 4.69) is 52.1 Å². The molecule has 17 heavy (non-hydrogen) atoms. The number of aryl methyl sites for hydroxylation is 2. The maximum atomic E-state index is 6.22. The SMILES string of the molecule is CCC(C)(CNC)Oc1cc(C)cc(C)c1C. The topological polar surface area (TPSA) is 21.3 Å². The van der Waals surface area contributed by atoms with E-state index >= 15 is 0 Å². The molecule has 2 nitrogen and oxygen atoms in total. The molecule has 0 radical (unpaired) electrons. The Labute approximate surface area is 105 Å². The normalized spacial score (nSPS) is 14.5. The van der Waals surface area contributed by atoms with Gasteiger partial charge in [0.2, 0.25) is 0 Å². The molecule has 0 aliphatic rings. The second-order valence-corrected chi connectivity index (χ2v) is 5.14. The van der Waals surface area contributed by atoms with Crippen LogP contribution in [0.15, 0.2) is 12.1 Å². The summed E-state index contributed by atoms with van der Waals surface area (Å²) in [5, 5.41) is 3.20. The third-order valence-corrected chi connectivity index (χ3v) is 3.42. The van der Waals surface area contributed by atoms with E-state index in [0.29, 0.717) is 0 Å². The van der Waals surface area contributed by atoms with Crippen molar-refractivity contribution >= 4 is 0 Å². The molecule has 0 fully saturated rings. The van der Waals surface area contributed by atoms with Crippen molar-refractivity contribution in [3.8, 4) is 5.75 Å². The second kappa shape index (κ2) is 5.54. The molecule has 1 unspecified atom stereocenters. The Morgan fingerprint density at radius 1 is 1.24 bits per heavy atom. The molecule has 0 saturated heterocycles. The highest BCUT2D eigenvalue weighted by Gasteiger charge is 2.24. The van der Waals surface area contributed by atoms with Crippen LogP contribution in [0.3, 0.4) is 0 Å². The van der Waals surface area contributed by atoms with Gasteiger partial charge in [0, 0.05) is 6.54 Å². The lowest BCUT2D eigenvalue weighted by Crippen LogP contribution is -2.41. The molecule has 0 aliphatic carbocycles. The van der Waals surface area contributed by atoms with Gasteiger partial charge < -0.3 is 10.1 Å². The molecule has 1 N–H and O–H groups in total. The first kappa shape index (κ1) is 14.0. The Hall–Kier alpha value is -1.02. The summed E-state index contributed by atoms with van der Waals surface area (Å²) in [7, 11) is 1.96. The summed E-state index contributed by atoms with van der Waals surface area (Å²) in [5.41, 5.74) is 3.65. The van der Waals surface area contributed by atoms with Crippen LogP contribution >= 0.6 is 0 Å². The zero-order valence-electron chi connectivity index (χ0n) is 12.0. The predicted molar refractivity (Wildman–Crippen MR) is 73.9 cm³/mol. The average Bonchev–Trinajstić information content (AvgIpc) is 2.25. The molecule has 1 atom stereocenters. The fraction of sp³-hybridized carbons (Fsp3) is 0.600. The van der Waals surface area contributed by atoms with Crippen LogP contribution in [0.4, 0.5) is 0 Å². The largest absolute Gasteiger partial charge is 0.486 e. The minimum absolute atomic E-state index is 0.139. The molecule has 0 aliphatic heterocycles. The van der Waals surface area contributed by atoms with Crippen LogP contribution in [0.1, 0.15) is 37.0 Å². The van der Waals surface area contributed by atoms with E-state index in [-0.39, 0.29) is 5.60 Å². The summed E-state index contributed by atoms with van der Waals surface area (Å²) >= 11 is 0. The third-order valence-electron chi connectivity index (χ3n) is 3.42. The molecule has 0 aromatic heterocycles. The van der Waals surface area contributed by atoms with E-state index in [4.69, 9.17) is 4.74 Å². The number of ether oxygens (including phenoxy) is 1. The number of benzene rings is 1. The maximum Gasteiger partial charge on any atom is 0.123 e. The number of rotatable bonds is 5. The van der Waals surface area contributed by atoms with Gasteiger partial charge in [0.1, 0.15) is 11.4 Å². The lowest BCUT2D eigenvalue weighted by molar-refractivity contribution is 0.0848. The molecule has 0 bridgehead atoms. The van der Waals surface area contributed by atoms with Crippen molar-refractivity contribution in [2.24, 2.45) is 0 Å². The molecular weight excluding hydrogens is 210 g/mol. The first-order chi connectivity index (χ1) is 7.91. The first-order valence-corrected chi connectivity index (χ1v) is 6.33. The summed E-state index contributed by atoms with van der Waals surface area (Å²) in [6.45, 7) is 11.5. The third kappa shape index (κ3) is 3.47. The van der Waals surface area contributed by atoms with E-state index in [9.17, 15) is 0 Å². The first-order valence-electron chi connectivity index (χ1n) is 6.33. The van der Waals surface area contributed by atoms with E-state index in [1.54, 1.807) is 0 Å². The van der Waals surface area contributed by atoms with Crippen LogP contribution in [0.5, 0.6) is 5.75 Å². The Morgan fingerprint density at radius 2 is 1.88 bits per heavy atom. The van der Waals surface area contributed by atoms with E-state index in [1.807, 2.05) is 7.05 Å². The van der Waals surface area contributed by atoms with Crippen LogP contribution in [-0.4, -0.2) is 19.2 Å². The fourth-order valence-corrected chi connectivity index (χ4v) is 1.98. The number of hydrogen-bond donors (Lipinski definition) is 1. The number of hydrogen-bond acceptors (Lipinski definition) is 2. The van der Waals surface area contributed by atoms with Crippen LogP contribution in [-0.2, 0) is 0 Å². The Kier molecular flexibility index (Phi) is 4.58. The molecule has 1 rings (SSSR count). The minimum Gasteiger partial charge on any atom is -0.486 e. The zero-order valence-corrected chi connectivity index (χ0v) is 12.0. The molecule has 96 valence electrons. The van der Waals surface area contributed by atoms with Crippen molar-refractivity contribution in [2.75, 3.05) is 13.6 Å². The quantitative estimate of drug-likeness (QED) is 0.844. The highest BCUT2D eigenvalue weighted by Crippen LogP contribution is 2.28. The van der Waals surface area contributed by atoms with Crippen molar-refractivity contribution in [2.45, 2.75) is 46.6 Å². The average molecular weight is 235 g/mol. The van der Waals surface area contributed by atoms with Gasteiger partial charge in [-0.3, -0.25) is 0 Å². The Morgan fingerprint density at radius 3 is 2.41 bits per heavy atom. The number of nitrogens with one attached hydrogen (secondary N) is 1. The number of likely N-dealkylation sites (N-methyl/N-ethyl adjacent to an activating group) is 1. The van der Waals surface area contributed by atoms with Gasteiger partial charge in [-0.05, 0) is 63.9 Å². The zero-order chi connectivity index (χ0) is 13.1. The molecular formula is C15H25NO. The monoisotopic (exact) mass is 235 g/mol. The second-order valence-electron chi connectivity index (χ2n) is 5.14. The van der Waals surface area contributed by atoms with Gasteiger partial charge in [0.15, 0.2) is 0 Å². The summed E-state index contributed by atoms with van der Waals surface area (Å²) < 4.78 is 6.22. The van der Waals surface area contributed by atoms with Crippen molar-refractivity contribution in [3.63, 3.8) is 0 Å². The van der Waals surface area contributed by atoms with E-state index in [0.717, 1.165) is 18.7 Å². The lowest BCUT2D eigenvalue weighted by atomic mass is 10.0. The smallest absolute Gasteiger partial charge is 0.123 e. The maximum absolute atomic E-state index is 6.22. The van der Waals surface area contributed by atoms with Gasteiger partial charge in [0.05, 0.1) is 0 Å². The van der Waals surface area contributed by atoms with E-state index < -0.39 is 0 Å². The molecule has 1 aromatic rings. The van der Waals surface area contributed by atoms with Gasteiger partial charge in [-0.2, -0.15) is 0 Å². The van der Waals surface area contributed by atoms with Crippen LogP contribution in [0.25, 0.3) is 0 Å². The van der Waals surface area contributed by atoms with Gasteiger partial charge in [-0.15, -0.1) is 0 Å². The van der Waals surface area contributed by atoms with Crippen molar-refractivity contribution < 1.29 is 4.74 Å². The highest BCUT2D eigenvalue weighted by atomic mass is 16.5. The van der Waals surface area contributed by atoms with Gasteiger partial charge >= 0.3 is 0 Å². The van der Waals surface area contributed by atoms with Gasteiger partial charge in [0.25, 0.3) is 0 Å². The van der Waals surface area contributed by atoms with E-state index in [1.165, 1.54) is 16.7 Å². The Bertz CT molecular complexity index is 387. The fourth-order valence-electron chi connectivity index (χ4n) is 1.98. The summed E-state index contributed by atoms with van der Waals surface area (Å²) in [4.78, 5) is 0. The molecule has 0 amide bonds. The van der Waals surface area contributed by atoms with Crippen molar-refractivity contribution in [1.29, 1.82) is 0 Å². The predicted octanol–water partition coefficient (Wildman–Crippen LogP) is 3.38. The Balaban J connectivity index is 3.01. The van der Waals surface area contributed by atoms with Crippen LogP contribution < -0.4 is 10.1 Å². The van der Waals surface area contributed by atoms with Crippen molar-refractivity contribution in [3.05, 3.63) is 28.8 Å². The van der Waals surface area contributed by atoms with Gasteiger partial charge in [-0.1, -0.05) is 13.0 Å². The molecule has 0 spiro atoms. The standard InChI is InChI=1S/C15H25NO/c1-7-15(5,10-16-6)17-14-9-11(2)8-12(3)13(14)4/h8-9,16H,7,10H2,1-6H3. The van der Waals surface area contributed by atoms with Crippen molar-refractivity contribution in [1.82, 2.24) is 5.32 Å². The molecule has 0 heterocycles. The van der Waals surface area contributed by atoms with Crippen LogP contribution in [0, 0.1) is 20.8 Å². The lowest BCUT2D eigenvalue weighted by Gasteiger charge is -2.30. The summed E-state index contributed by atoms with van der Waals surface area (Å²) in [5.74, 6) is 1.02. The highest BCUT2D eigenvalue weighted by molar-refractivity contribution is 5.42. The molecule has 1 aromatic carbocycles. The minimum atomic E-state index is -0.139. The molecule has 0 saturated carbocycles. The summed E-state index contributed by atoms with van der Waals surface area (Å²) in [6.07, 6.45) is 0.986. The molecule has 2 heteroatoms.